The van der Waals surface area contributed by atoms with Gasteiger partial charge >= 0.3 is 5.97 Å². The van der Waals surface area contributed by atoms with Crippen molar-refractivity contribution in [3.05, 3.63) is 82.9 Å². The van der Waals surface area contributed by atoms with Crippen LogP contribution in [0.25, 0.3) is 22.2 Å². The molecule has 4 aromatic rings. The molecule has 0 amide bonds. The third-order valence-corrected chi connectivity index (χ3v) is 8.70. The van der Waals surface area contributed by atoms with Gasteiger partial charge in [-0.2, -0.15) is 0 Å². The Morgan fingerprint density at radius 1 is 1.03 bits per heavy atom. The van der Waals surface area contributed by atoms with E-state index in [-0.39, 0.29) is 12.0 Å². The van der Waals surface area contributed by atoms with Crippen LogP contribution in [0.5, 0.6) is 0 Å². The highest BCUT2D eigenvalue weighted by molar-refractivity contribution is 5.94. The lowest BCUT2D eigenvalue weighted by Crippen LogP contribution is -2.11. The summed E-state index contributed by atoms with van der Waals surface area (Å²) >= 11 is 0. The van der Waals surface area contributed by atoms with Crippen LogP contribution in [0.2, 0.25) is 0 Å². The number of carbonyl (C=O) groups excluding carboxylic acids is 1. The Balaban J connectivity index is 1.22. The molecule has 1 heterocycles. The molecule has 5 nitrogen and oxygen atoms in total. The second-order valence-electron chi connectivity index (χ2n) is 11.3. The van der Waals surface area contributed by atoms with Gasteiger partial charge in [-0.1, -0.05) is 75.1 Å². The Hall–Kier alpha value is -3.60. The summed E-state index contributed by atoms with van der Waals surface area (Å²) in [7, 11) is 2.08. The van der Waals surface area contributed by atoms with Crippen LogP contribution in [0.15, 0.2) is 60.7 Å². The zero-order chi connectivity index (χ0) is 26.8. The van der Waals surface area contributed by atoms with Gasteiger partial charge < -0.3 is 14.6 Å². The SMILES string of the molecule is CCCCOC(=O)c1ccc2c(c1)CCC2Nc1nc2c(-c3ccc(C4CCCCC4)cc3)cccc2n1C. The largest absolute Gasteiger partial charge is 0.462 e. The first-order valence-corrected chi connectivity index (χ1v) is 14.7. The molecular weight excluding hydrogens is 482 g/mol. The molecule has 0 bridgehead atoms. The van der Waals surface area contributed by atoms with Crippen molar-refractivity contribution >= 4 is 23.0 Å². The van der Waals surface area contributed by atoms with E-state index in [4.69, 9.17) is 9.72 Å². The average Bonchev–Trinajstić information content (AvgIpc) is 3.53. The van der Waals surface area contributed by atoms with E-state index in [1.165, 1.54) is 59.9 Å². The Morgan fingerprint density at radius 2 is 1.85 bits per heavy atom. The van der Waals surface area contributed by atoms with Gasteiger partial charge in [0.25, 0.3) is 0 Å². The zero-order valence-corrected chi connectivity index (χ0v) is 23.2. The number of rotatable bonds is 8. The normalized spacial score (nSPS) is 17.3. The predicted molar refractivity (Wildman–Crippen MR) is 158 cm³/mol. The quantitative estimate of drug-likeness (QED) is 0.187. The first-order chi connectivity index (χ1) is 19.1. The number of anilines is 1. The molecule has 0 saturated heterocycles. The van der Waals surface area contributed by atoms with Crippen LogP contribution in [0, 0.1) is 0 Å². The van der Waals surface area contributed by atoms with Gasteiger partial charge in [-0.05, 0) is 78.5 Å². The van der Waals surface area contributed by atoms with E-state index in [0.717, 1.165) is 42.7 Å². The van der Waals surface area contributed by atoms with Gasteiger partial charge in [-0.15, -0.1) is 0 Å². The highest BCUT2D eigenvalue weighted by Gasteiger charge is 2.26. The van der Waals surface area contributed by atoms with Crippen LogP contribution in [-0.4, -0.2) is 22.1 Å². The van der Waals surface area contributed by atoms with Crippen molar-refractivity contribution in [1.29, 1.82) is 0 Å². The van der Waals surface area contributed by atoms with Crippen molar-refractivity contribution in [1.82, 2.24) is 9.55 Å². The monoisotopic (exact) mass is 521 g/mol. The zero-order valence-electron chi connectivity index (χ0n) is 23.2. The summed E-state index contributed by atoms with van der Waals surface area (Å²) in [5, 5.41) is 3.71. The minimum atomic E-state index is -0.225. The Kier molecular flexibility index (Phi) is 7.40. The average molecular weight is 522 g/mol. The number of hydrogen-bond donors (Lipinski definition) is 1. The highest BCUT2D eigenvalue weighted by Crippen LogP contribution is 2.37. The second-order valence-corrected chi connectivity index (χ2v) is 11.3. The number of hydrogen-bond acceptors (Lipinski definition) is 4. The summed E-state index contributed by atoms with van der Waals surface area (Å²) in [6, 6.07) is 21.8. The minimum Gasteiger partial charge on any atom is -0.462 e. The lowest BCUT2D eigenvalue weighted by atomic mass is 9.83. The van der Waals surface area contributed by atoms with E-state index in [9.17, 15) is 4.79 Å². The van der Waals surface area contributed by atoms with Gasteiger partial charge in [0.2, 0.25) is 5.95 Å². The molecule has 1 unspecified atom stereocenters. The molecule has 5 heteroatoms. The van der Waals surface area contributed by atoms with Crippen LogP contribution in [0.1, 0.15) is 97.3 Å². The molecule has 2 aliphatic carbocycles. The van der Waals surface area contributed by atoms with Crippen molar-refractivity contribution in [2.24, 2.45) is 7.05 Å². The third-order valence-electron chi connectivity index (χ3n) is 8.70. The molecule has 1 saturated carbocycles. The van der Waals surface area contributed by atoms with Gasteiger partial charge in [-0.3, -0.25) is 0 Å². The third kappa shape index (κ3) is 5.19. The van der Waals surface area contributed by atoms with Crippen LogP contribution >= 0.6 is 0 Å². The summed E-state index contributed by atoms with van der Waals surface area (Å²) in [5.74, 6) is 1.36. The van der Waals surface area contributed by atoms with Gasteiger partial charge in [0.1, 0.15) is 0 Å². The van der Waals surface area contributed by atoms with Crippen molar-refractivity contribution in [2.45, 2.75) is 76.7 Å². The number of para-hydroxylation sites is 1. The number of imidazole rings is 1. The minimum absolute atomic E-state index is 0.166. The first-order valence-electron chi connectivity index (χ1n) is 14.7. The standard InChI is InChI=1S/C34H39N3O2/c1-3-4-21-39-33(38)27-17-19-28-26(22-27)18-20-30(28)35-34-36-32-29(11-8-12-31(32)37(34)2)25-15-13-24(14-16-25)23-9-6-5-7-10-23/h8,11-17,19,22-23,30H,3-7,9-10,18,20-21H2,1-2H3,(H,35,36). The van der Waals surface area contributed by atoms with Crippen LogP contribution in [0.4, 0.5) is 5.95 Å². The van der Waals surface area contributed by atoms with Gasteiger partial charge in [0, 0.05) is 12.6 Å². The molecule has 39 heavy (non-hydrogen) atoms. The fourth-order valence-corrected chi connectivity index (χ4v) is 6.39. The summed E-state index contributed by atoms with van der Waals surface area (Å²) in [6.45, 7) is 2.58. The predicted octanol–water partition coefficient (Wildman–Crippen LogP) is 8.34. The van der Waals surface area contributed by atoms with Crippen molar-refractivity contribution < 1.29 is 9.53 Å². The summed E-state index contributed by atoms with van der Waals surface area (Å²) < 4.78 is 7.58. The van der Waals surface area contributed by atoms with E-state index < -0.39 is 0 Å². The maximum absolute atomic E-state index is 12.4. The molecule has 202 valence electrons. The topological polar surface area (TPSA) is 56.1 Å². The number of unbranched alkanes of at least 4 members (excludes halogenated alkanes) is 1. The summed E-state index contributed by atoms with van der Waals surface area (Å²) in [6.07, 6.45) is 10.6. The van der Waals surface area contributed by atoms with E-state index in [1.807, 2.05) is 12.1 Å². The van der Waals surface area contributed by atoms with Crippen LogP contribution in [-0.2, 0) is 18.2 Å². The molecule has 0 spiro atoms. The van der Waals surface area contributed by atoms with Crippen molar-refractivity contribution in [3.63, 3.8) is 0 Å². The summed E-state index contributed by atoms with van der Waals surface area (Å²) in [5.41, 5.74) is 9.11. The number of fused-ring (bicyclic) bond motifs is 2. The molecule has 1 aromatic heterocycles. The Labute approximate surface area is 231 Å². The highest BCUT2D eigenvalue weighted by atomic mass is 16.5. The van der Waals surface area contributed by atoms with Crippen molar-refractivity contribution in [3.8, 4) is 11.1 Å². The molecule has 1 N–H and O–H groups in total. The Morgan fingerprint density at radius 3 is 2.64 bits per heavy atom. The number of ether oxygens (including phenoxy) is 1. The smallest absolute Gasteiger partial charge is 0.338 e. The van der Waals surface area contributed by atoms with Gasteiger partial charge in [0.05, 0.1) is 29.2 Å². The maximum Gasteiger partial charge on any atom is 0.338 e. The molecule has 1 fully saturated rings. The molecule has 1 atom stereocenters. The molecule has 3 aromatic carbocycles. The molecule has 2 aliphatic rings. The van der Waals surface area contributed by atoms with E-state index in [0.29, 0.717) is 18.1 Å². The van der Waals surface area contributed by atoms with E-state index in [2.05, 4.69) is 72.4 Å². The fourth-order valence-electron chi connectivity index (χ4n) is 6.39. The van der Waals surface area contributed by atoms with Gasteiger partial charge in [-0.25, -0.2) is 9.78 Å². The number of nitrogens with zero attached hydrogens (tertiary/aromatic N) is 2. The molecular formula is C34H39N3O2. The molecule has 0 radical (unpaired) electrons. The van der Waals surface area contributed by atoms with E-state index >= 15 is 0 Å². The Bertz CT molecular complexity index is 1460. The molecule has 6 rings (SSSR count). The van der Waals surface area contributed by atoms with E-state index in [1.54, 1.807) is 0 Å². The summed E-state index contributed by atoms with van der Waals surface area (Å²) in [4.78, 5) is 17.5. The number of nitrogens with one attached hydrogen (secondary N) is 1. The van der Waals surface area contributed by atoms with Crippen molar-refractivity contribution in [2.75, 3.05) is 11.9 Å². The number of carbonyl (C=O) groups is 1. The van der Waals surface area contributed by atoms with Gasteiger partial charge in [0.15, 0.2) is 0 Å². The number of benzene rings is 3. The molecule has 0 aliphatic heterocycles. The lowest BCUT2D eigenvalue weighted by molar-refractivity contribution is 0.0499. The van der Waals surface area contributed by atoms with Crippen LogP contribution < -0.4 is 5.32 Å². The number of esters is 1. The number of aromatic nitrogens is 2. The van der Waals surface area contributed by atoms with Crippen LogP contribution in [0.3, 0.4) is 0 Å². The lowest BCUT2D eigenvalue weighted by Gasteiger charge is -2.22. The first kappa shape index (κ1) is 25.7. The maximum atomic E-state index is 12.4. The second kappa shape index (κ2) is 11.3. The fraction of sp³-hybridized carbons (Fsp3) is 0.412. The number of aryl methyl sites for hydroxylation is 2.